The molecule has 1 N–H and O–H groups in total. The zero-order valence-electron chi connectivity index (χ0n) is 11.5. The number of fused-ring (bicyclic) bond motifs is 1. The Hall–Kier alpha value is -2.20. The van der Waals surface area contributed by atoms with Crippen molar-refractivity contribution in [3.63, 3.8) is 0 Å². The van der Waals surface area contributed by atoms with Crippen molar-refractivity contribution in [1.82, 2.24) is 19.9 Å². The first-order valence-electron chi connectivity index (χ1n) is 6.94. The van der Waals surface area contributed by atoms with Gasteiger partial charge in [-0.15, -0.1) is 0 Å². The van der Waals surface area contributed by atoms with Gasteiger partial charge in [0.2, 0.25) is 0 Å². The summed E-state index contributed by atoms with van der Waals surface area (Å²) in [5.74, 6) is 0. The van der Waals surface area contributed by atoms with Crippen LogP contribution in [0, 0.1) is 0 Å². The normalized spacial score (nSPS) is 12.7. The van der Waals surface area contributed by atoms with Crippen LogP contribution in [-0.2, 0) is 6.42 Å². The van der Waals surface area contributed by atoms with Crippen LogP contribution < -0.4 is 5.32 Å². The van der Waals surface area contributed by atoms with Gasteiger partial charge in [0.1, 0.15) is 0 Å². The number of hydrogen-bond acceptors (Lipinski definition) is 3. The third-order valence-electron chi connectivity index (χ3n) is 3.42. The van der Waals surface area contributed by atoms with Crippen LogP contribution in [0.25, 0.3) is 5.52 Å². The largest absolute Gasteiger partial charge is 0.310 e. The van der Waals surface area contributed by atoms with Gasteiger partial charge in [-0.2, -0.15) is 5.10 Å². The Labute approximate surface area is 118 Å². The number of likely N-dealkylation sites (N-methyl/N-ethyl adjacent to an activating group) is 1. The molecule has 3 rings (SSSR count). The monoisotopic (exact) mass is 266 g/mol. The lowest BCUT2D eigenvalue weighted by Gasteiger charge is -2.16. The second-order valence-corrected chi connectivity index (χ2v) is 4.77. The lowest BCUT2D eigenvalue weighted by molar-refractivity contribution is 0.547. The van der Waals surface area contributed by atoms with Crippen molar-refractivity contribution >= 4 is 5.52 Å². The van der Waals surface area contributed by atoms with Gasteiger partial charge in [0, 0.05) is 36.1 Å². The molecular weight excluding hydrogens is 248 g/mol. The summed E-state index contributed by atoms with van der Waals surface area (Å²) in [4.78, 5) is 4.42. The van der Waals surface area contributed by atoms with Crippen LogP contribution in [0.1, 0.15) is 24.2 Å². The molecule has 0 radical (unpaired) electrons. The summed E-state index contributed by atoms with van der Waals surface area (Å²) in [5, 5.41) is 7.95. The third kappa shape index (κ3) is 2.56. The summed E-state index contributed by atoms with van der Waals surface area (Å²) in [6, 6.07) is 12.4. The van der Waals surface area contributed by atoms with E-state index in [4.69, 9.17) is 0 Å². The molecule has 0 bridgehead atoms. The van der Waals surface area contributed by atoms with Gasteiger partial charge in [-0.25, -0.2) is 4.52 Å². The van der Waals surface area contributed by atoms with Gasteiger partial charge < -0.3 is 5.32 Å². The van der Waals surface area contributed by atoms with E-state index in [1.165, 1.54) is 5.56 Å². The van der Waals surface area contributed by atoms with E-state index >= 15 is 0 Å². The Bertz CT molecular complexity index is 675. The maximum Gasteiger partial charge on any atom is 0.0709 e. The van der Waals surface area contributed by atoms with E-state index in [2.05, 4.69) is 34.5 Å². The smallest absolute Gasteiger partial charge is 0.0709 e. The van der Waals surface area contributed by atoms with E-state index in [0.717, 1.165) is 24.2 Å². The van der Waals surface area contributed by atoms with Crippen LogP contribution in [0.4, 0.5) is 0 Å². The Morgan fingerprint density at radius 3 is 2.90 bits per heavy atom. The third-order valence-corrected chi connectivity index (χ3v) is 3.42. The lowest BCUT2D eigenvalue weighted by atomic mass is 10.0. The summed E-state index contributed by atoms with van der Waals surface area (Å²) in [5.41, 5.74) is 3.46. The molecule has 0 saturated heterocycles. The van der Waals surface area contributed by atoms with Crippen molar-refractivity contribution in [2.24, 2.45) is 0 Å². The predicted octanol–water partition coefficient (Wildman–Crippen LogP) is 2.62. The molecule has 0 aliphatic carbocycles. The number of nitrogens with one attached hydrogen (secondary N) is 1. The fourth-order valence-corrected chi connectivity index (χ4v) is 2.49. The summed E-state index contributed by atoms with van der Waals surface area (Å²) in [6.45, 7) is 3.04. The molecular formula is C16H18N4. The molecule has 0 aliphatic rings. The molecule has 3 heterocycles. The van der Waals surface area contributed by atoms with Gasteiger partial charge in [-0.1, -0.05) is 19.1 Å². The molecule has 0 spiro atoms. The molecule has 4 nitrogen and oxygen atoms in total. The number of aromatic nitrogens is 3. The van der Waals surface area contributed by atoms with E-state index in [1.807, 2.05) is 47.4 Å². The lowest BCUT2D eigenvalue weighted by Crippen LogP contribution is -2.23. The highest BCUT2D eigenvalue weighted by molar-refractivity contribution is 5.55. The van der Waals surface area contributed by atoms with Crippen LogP contribution in [0.15, 0.2) is 55.0 Å². The minimum atomic E-state index is 0.231. The zero-order valence-corrected chi connectivity index (χ0v) is 11.5. The van der Waals surface area contributed by atoms with Gasteiger partial charge in [0.25, 0.3) is 0 Å². The van der Waals surface area contributed by atoms with Crippen molar-refractivity contribution in [1.29, 1.82) is 0 Å². The topological polar surface area (TPSA) is 42.2 Å². The second-order valence-electron chi connectivity index (χ2n) is 4.77. The molecule has 0 aliphatic heterocycles. The van der Waals surface area contributed by atoms with Crippen LogP contribution in [-0.4, -0.2) is 21.1 Å². The summed E-state index contributed by atoms with van der Waals surface area (Å²) in [6.07, 6.45) is 6.63. The van der Waals surface area contributed by atoms with E-state index in [1.54, 1.807) is 0 Å². The Kier molecular flexibility index (Phi) is 3.74. The van der Waals surface area contributed by atoms with Gasteiger partial charge >= 0.3 is 0 Å². The molecule has 0 saturated carbocycles. The van der Waals surface area contributed by atoms with E-state index in [9.17, 15) is 0 Å². The maximum atomic E-state index is 4.42. The molecule has 4 heteroatoms. The van der Waals surface area contributed by atoms with Crippen molar-refractivity contribution in [3.05, 3.63) is 66.2 Å². The maximum absolute atomic E-state index is 4.42. The molecule has 102 valence electrons. The van der Waals surface area contributed by atoms with Gasteiger partial charge in [-0.05, 0) is 30.8 Å². The fourth-order valence-electron chi connectivity index (χ4n) is 2.49. The summed E-state index contributed by atoms with van der Waals surface area (Å²) >= 11 is 0. The average molecular weight is 266 g/mol. The average Bonchev–Trinajstić information content (AvgIpc) is 2.92. The Balaban J connectivity index is 1.94. The quantitative estimate of drug-likeness (QED) is 0.772. The van der Waals surface area contributed by atoms with Gasteiger partial charge in [-0.3, -0.25) is 4.98 Å². The van der Waals surface area contributed by atoms with Gasteiger partial charge in [0.15, 0.2) is 0 Å². The molecule has 20 heavy (non-hydrogen) atoms. The highest BCUT2D eigenvalue weighted by Gasteiger charge is 2.16. The number of rotatable bonds is 5. The molecule has 1 atom stereocenters. The standard InChI is InChI=1S/C16H18N4/c1-2-17-15(11-13-7-3-5-9-18-13)14-12-19-20-10-6-4-8-16(14)20/h3-10,12,15,17H,2,11H2,1H3. The molecule has 3 aromatic rings. The minimum absolute atomic E-state index is 0.231. The first-order valence-corrected chi connectivity index (χ1v) is 6.94. The Morgan fingerprint density at radius 1 is 1.20 bits per heavy atom. The van der Waals surface area contributed by atoms with Crippen LogP contribution in [0.5, 0.6) is 0 Å². The first-order chi connectivity index (χ1) is 9.88. The molecule has 0 amide bonds. The van der Waals surface area contributed by atoms with Crippen molar-refractivity contribution in [2.75, 3.05) is 6.54 Å². The summed E-state index contributed by atoms with van der Waals surface area (Å²) < 4.78 is 1.91. The number of pyridine rings is 2. The van der Waals surface area contributed by atoms with E-state index in [0.29, 0.717) is 0 Å². The molecule has 3 aromatic heterocycles. The predicted molar refractivity (Wildman–Crippen MR) is 79.6 cm³/mol. The van der Waals surface area contributed by atoms with Crippen molar-refractivity contribution < 1.29 is 0 Å². The van der Waals surface area contributed by atoms with Crippen LogP contribution in [0.3, 0.4) is 0 Å². The van der Waals surface area contributed by atoms with Crippen molar-refractivity contribution in [2.45, 2.75) is 19.4 Å². The number of nitrogens with zero attached hydrogens (tertiary/aromatic N) is 3. The summed E-state index contributed by atoms with van der Waals surface area (Å²) in [7, 11) is 0. The molecule has 0 fully saturated rings. The zero-order chi connectivity index (χ0) is 13.8. The van der Waals surface area contributed by atoms with Crippen LogP contribution >= 0.6 is 0 Å². The SMILES string of the molecule is CCNC(Cc1ccccn1)c1cnn2ccccc12. The van der Waals surface area contributed by atoms with Crippen molar-refractivity contribution in [3.8, 4) is 0 Å². The minimum Gasteiger partial charge on any atom is -0.310 e. The van der Waals surface area contributed by atoms with Crippen LogP contribution in [0.2, 0.25) is 0 Å². The van der Waals surface area contributed by atoms with E-state index < -0.39 is 0 Å². The molecule has 1 unspecified atom stereocenters. The highest BCUT2D eigenvalue weighted by atomic mass is 15.2. The van der Waals surface area contributed by atoms with Gasteiger partial charge in [0.05, 0.1) is 11.7 Å². The Morgan fingerprint density at radius 2 is 2.10 bits per heavy atom. The number of hydrogen-bond donors (Lipinski definition) is 1. The highest BCUT2D eigenvalue weighted by Crippen LogP contribution is 2.22. The van der Waals surface area contributed by atoms with E-state index in [-0.39, 0.29) is 6.04 Å². The first kappa shape index (κ1) is 12.8. The second kappa shape index (κ2) is 5.84. The fraction of sp³-hybridized carbons (Fsp3) is 0.250. The molecule has 0 aromatic carbocycles.